The Kier molecular flexibility index (Phi) is 4.95. The number of nitrogens with zero attached hydrogens (tertiary/aromatic N) is 1. The first kappa shape index (κ1) is 13.8. The average Bonchev–Trinajstić information content (AvgIpc) is 2.38. The van der Waals surface area contributed by atoms with Crippen molar-refractivity contribution in [1.29, 1.82) is 0 Å². The van der Waals surface area contributed by atoms with E-state index in [0.29, 0.717) is 0 Å². The van der Waals surface area contributed by atoms with Gasteiger partial charge in [-0.2, -0.15) is 0 Å². The van der Waals surface area contributed by atoms with Gasteiger partial charge < -0.3 is 4.90 Å². The summed E-state index contributed by atoms with van der Waals surface area (Å²) in [5.41, 5.74) is 2.02. The number of hydrogen-bond donors (Lipinski definition) is 0. The van der Waals surface area contributed by atoms with Gasteiger partial charge in [0, 0.05) is 5.67 Å². The minimum atomic E-state index is -0.709. The van der Waals surface area contributed by atoms with Crippen LogP contribution in [0.4, 0.5) is 4.39 Å². The molecule has 0 saturated carbocycles. The van der Waals surface area contributed by atoms with E-state index in [1.54, 1.807) is 12.1 Å². The molecule has 1 unspecified atom stereocenters. The van der Waals surface area contributed by atoms with E-state index in [0.717, 1.165) is 12.1 Å². The second-order valence-electron chi connectivity index (χ2n) is 5.74. The highest BCUT2D eigenvalue weighted by molar-refractivity contribution is 6.57. The van der Waals surface area contributed by atoms with Crippen LogP contribution in [0, 0.1) is 5.82 Å². The monoisotopic (exact) mass is 265 g/mol. The van der Waals surface area contributed by atoms with Crippen molar-refractivity contribution < 1.29 is 4.39 Å². The summed E-state index contributed by atoms with van der Waals surface area (Å²) in [6.45, 7) is 7.39. The number of benzene rings is 1. The molecule has 1 aliphatic heterocycles. The van der Waals surface area contributed by atoms with Gasteiger partial charge in [-0.1, -0.05) is 31.6 Å². The highest BCUT2D eigenvalue weighted by Crippen LogP contribution is 2.18. The maximum absolute atomic E-state index is 12.9. The largest absolute Gasteiger partial charge is 0.303 e. The first-order chi connectivity index (χ1) is 8.66. The Morgan fingerprint density at radius 2 is 1.72 bits per heavy atom. The molecule has 1 aliphatic rings. The molecule has 0 spiro atoms. The first-order valence-corrected chi connectivity index (χ1v) is 10.1. The van der Waals surface area contributed by atoms with Crippen LogP contribution in [0.2, 0.25) is 13.1 Å². The molecular formula is C15H24FNSi. The average molecular weight is 265 g/mol. The van der Waals surface area contributed by atoms with Crippen LogP contribution in [0.5, 0.6) is 0 Å². The molecule has 1 heterocycles. The van der Waals surface area contributed by atoms with Crippen LogP contribution in [0.25, 0.3) is 0 Å². The van der Waals surface area contributed by atoms with Gasteiger partial charge in [-0.05, 0) is 50.0 Å². The van der Waals surface area contributed by atoms with Crippen molar-refractivity contribution in [3.05, 3.63) is 35.6 Å². The van der Waals surface area contributed by atoms with Crippen molar-refractivity contribution in [2.45, 2.75) is 44.4 Å². The van der Waals surface area contributed by atoms with Gasteiger partial charge in [0.05, 0.1) is 8.80 Å². The number of piperidine rings is 1. The summed E-state index contributed by atoms with van der Waals surface area (Å²) in [5, 5.41) is 0. The highest BCUT2D eigenvalue weighted by atomic mass is 28.3. The molecule has 0 N–H and O–H groups in total. The van der Waals surface area contributed by atoms with Gasteiger partial charge in [-0.3, -0.25) is 0 Å². The molecule has 1 aromatic carbocycles. The van der Waals surface area contributed by atoms with Crippen molar-refractivity contribution in [3.8, 4) is 0 Å². The Labute approximate surface area is 112 Å². The summed E-state index contributed by atoms with van der Waals surface area (Å²) in [5.74, 6) is -0.130. The Morgan fingerprint density at radius 1 is 1.11 bits per heavy atom. The molecule has 0 bridgehead atoms. The molecule has 1 nitrogen and oxygen atoms in total. The summed E-state index contributed by atoms with van der Waals surface area (Å²) >= 11 is 0. The van der Waals surface area contributed by atoms with E-state index in [1.807, 2.05) is 12.1 Å². The fourth-order valence-electron chi connectivity index (χ4n) is 2.90. The minimum absolute atomic E-state index is 0.130. The van der Waals surface area contributed by atoms with E-state index in [4.69, 9.17) is 0 Å². The third kappa shape index (κ3) is 3.66. The van der Waals surface area contributed by atoms with Crippen LogP contribution in [0.3, 0.4) is 0 Å². The fourth-order valence-corrected chi connectivity index (χ4v) is 4.78. The van der Waals surface area contributed by atoms with Gasteiger partial charge >= 0.3 is 0 Å². The molecule has 1 atom stereocenters. The molecule has 18 heavy (non-hydrogen) atoms. The topological polar surface area (TPSA) is 3.24 Å². The van der Waals surface area contributed by atoms with Crippen molar-refractivity contribution in [3.63, 3.8) is 0 Å². The summed E-state index contributed by atoms with van der Waals surface area (Å²) in [6.07, 6.45) is 5.19. The van der Waals surface area contributed by atoms with Gasteiger partial charge in [-0.25, -0.2) is 4.39 Å². The van der Waals surface area contributed by atoms with Crippen LogP contribution in [0.15, 0.2) is 24.3 Å². The van der Waals surface area contributed by atoms with Crippen molar-refractivity contribution in [2.24, 2.45) is 0 Å². The zero-order valence-corrected chi connectivity index (χ0v) is 12.7. The third-order valence-corrected chi connectivity index (χ3v) is 6.18. The van der Waals surface area contributed by atoms with Gasteiger partial charge in [0.15, 0.2) is 0 Å². The van der Waals surface area contributed by atoms with Crippen molar-refractivity contribution in [2.75, 3.05) is 13.1 Å². The zero-order chi connectivity index (χ0) is 13.0. The molecule has 1 saturated heterocycles. The lowest BCUT2D eigenvalue weighted by Crippen LogP contribution is -2.47. The van der Waals surface area contributed by atoms with Crippen LogP contribution in [0.1, 0.15) is 24.8 Å². The fraction of sp³-hybridized carbons (Fsp3) is 0.600. The molecule has 0 aromatic heterocycles. The third-order valence-electron chi connectivity index (χ3n) is 3.99. The Hall–Kier alpha value is -0.673. The number of likely N-dealkylation sites (tertiary alicyclic amines) is 1. The Balaban J connectivity index is 2.03. The molecule has 0 amide bonds. The van der Waals surface area contributed by atoms with Gasteiger partial charge in [0.1, 0.15) is 5.82 Å². The van der Waals surface area contributed by atoms with Crippen molar-refractivity contribution >= 4 is 8.80 Å². The maximum atomic E-state index is 12.9. The second kappa shape index (κ2) is 6.48. The summed E-state index contributed by atoms with van der Waals surface area (Å²) in [6, 6.07) is 7.07. The normalized spacial score (nSPS) is 19.1. The highest BCUT2D eigenvalue weighted by Gasteiger charge is 2.24. The quantitative estimate of drug-likeness (QED) is 0.755. The van der Waals surface area contributed by atoms with Gasteiger partial charge in [0.25, 0.3) is 0 Å². The van der Waals surface area contributed by atoms with Crippen LogP contribution < -0.4 is 0 Å². The number of halogens is 1. The van der Waals surface area contributed by atoms with Gasteiger partial charge in [-0.15, -0.1) is 0 Å². The second-order valence-corrected chi connectivity index (χ2v) is 9.00. The lowest BCUT2D eigenvalue weighted by molar-refractivity contribution is 0.204. The molecule has 2 rings (SSSR count). The van der Waals surface area contributed by atoms with E-state index < -0.39 is 8.80 Å². The predicted octanol–water partition coefficient (Wildman–Crippen LogP) is 3.25. The van der Waals surface area contributed by atoms with Crippen molar-refractivity contribution in [1.82, 2.24) is 4.90 Å². The van der Waals surface area contributed by atoms with Crippen LogP contribution in [-0.2, 0) is 6.42 Å². The van der Waals surface area contributed by atoms with E-state index in [2.05, 4.69) is 18.0 Å². The van der Waals surface area contributed by atoms with Crippen LogP contribution >= 0.6 is 0 Å². The molecular weight excluding hydrogens is 241 g/mol. The smallest absolute Gasteiger partial charge is 0.123 e. The maximum Gasteiger partial charge on any atom is 0.123 e. The molecule has 1 fully saturated rings. The standard InChI is InChI=1S/C15H24FNSi/c1-18(2)15(17-10-4-3-5-11-17)12-13-6-8-14(16)9-7-13/h6-9,15,18H,3-5,10-12H2,1-2H3. The SMILES string of the molecule is C[SiH](C)C(Cc1ccc(F)cc1)N1CCCCC1. The lowest BCUT2D eigenvalue weighted by Gasteiger charge is -2.36. The van der Waals surface area contributed by atoms with E-state index in [1.165, 1.54) is 37.9 Å². The van der Waals surface area contributed by atoms with E-state index in [-0.39, 0.29) is 5.82 Å². The molecule has 100 valence electrons. The summed E-state index contributed by atoms with van der Waals surface area (Å²) in [4.78, 5) is 2.68. The van der Waals surface area contributed by atoms with Crippen LogP contribution in [-0.4, -0.2) is 32.5 Å². The molecule has 0 aliphatic carbocycles. The Bertz CT molecular complexity index is 357. The minimum Gasteiger partial charge on any atom is -0.303 e. The van der Waals surface area contributed by atoms with E-state index in [9.17, 15) is 4.39 Å². The number of rotatable bonds is 4. The van der Waals surface area contributed by atoms with E-state index >= 15 is 0 Å². The number of hydrogen-bond acceptors (Lipinski definition) is 1. The zero-order valence-electron chi connectivity index (χ0n) is 11.5. The molecule has 0 radical (unpaired) electrons. The lowest BCUT2D eigenvalue weighted by atomic mass is 10.1. The Morgan fingerprint density at radius 3 is 2.28 bits per heavy atom. The first-order valence-electron chi connectivity index (χ1n) is 7.15. The molecule has 3 heteroatoms. The summed E-state index contributed by atoms with van der Waals surface area (Å²) < 4.78 is 12.9. The molecule has 1 aromatic rings. The predicted molar refractivity (Wildman–Crippen MR) is 78.2 cm³/mol. The van der Waals surface area contributed by atoms with Gasteiger partial charge in [0.2, 0.25) is 0 Å². The summed E-state index contributed by atoms with van der Waals surface area (Å²) in [7, 11) is -0.709.